The summed E-state index contributed by atoms with van der Waals surface area (Å²) in [5.41, 5.74) is -5.23. The lowest BCUT2D eigenvalue weighted by Crippen LogP contribution is -2.45. The van der Waals surface area contributed by atoms with Gasteiger partial charge < -0.3 is 10.6 Å². The summed E-state index contributed by atoms with van der Waals surface area (Å²) in [7, 11) is -5.22. The standard InChI is InChI=1S/C17H32F3N5O2S/c1-3-21-16(22-9-12-24(4-2)15-5-6-15)23-13-14-7-10-25(11-8-14)28(26,27)17(18,19)20/h14-15H,3-13H2,1-2H3,(H2,21,22,23). The molecule has 0 radical (unpaired) electrons. The summed E-state index contributed by atoms with van der Waals surface area (Å²) in [6.45, 7) is 7.83. The Morgan fingerprint density at radius 3 is 2.29 bits per heavy atom. The number of sulfonamides is 1. The van der Waals surface area contributed by atoms with E-state index in [2.05, 4.69) is 27.4 Å². The van der Waals surface area contributed by atoms with Crippen LogP contribution in [0.25, 0.3) is 0 Å². The summed E-state index contributed by atoms with van der Waals surface area (Å²) in [5.74, 6) is 0.772. The van der Waals surface area contributed by atoms with Crippen molar-refractivity contribution in [1.29, 1.82) is 0 Å². The first-order chi connectivity index (χ1) is 13.2. The lowest BCUT2D eigenvalue weighted by molar-refractivity contribution is -0.0496. The Balaban J connectivity index is 1.78. The molecule has 2 aliphatic rings. The summed E-state index contributed by atoms with van der Waals surface area (Å²) in [5, 5.41) is 6.48. The van der Waals surface area contributed by atoms with E-state index in [0.29, 0.717) is 42.2 Å². The first kappa shape index (κ1) is 23.2. The van der Waals surface area contributed by atoms with Crippen LogP contribution in [0.15, 0.2) is 4.99 Å². The maximum atomic E-state index is 12.6. The molecule has 0 unspecified atom stereocenters. The van der Waals surface area contributed by atoms with Gasteiger partial charge in [-0.2, -0.15) is 17.5 Å². The van der Waals surface area contributed by atoms with Crippen LogP contribution in [0.2, 0.25) is 0 Å². The highest BCUT2D eigenvalue weighted by atomic mass is 32.2. The minimum Gasteiger partial charge on any atom is -0.357 e. The summed E-state index contributed by atoms with van der Waals surface area (Å²) in [6.07, 6.45) is 3.29. The minimum atomic E-state index is -5.23. The number of nitrogens with zero attached hydrogens (tertiary/aromatic N) is 3. The van der Waals surface area contributed by atoms with Crippen molar-refractivity contribution < 1.29 is 21.6 Å². The van der Waals surface area contributed by atoms with Crippen LogP contribution in [-0.2, 0) is 10.0 Å². The Morgan fingerprint density at radius 2 is 1.79 bits per heavy atom. The summed E-state index contributed by atoms with van der Waals surface area (Å²) in [4.78, 5) is 6.98. The maximum absolute atomic E-state index is 12.6. The third-order valence-corrected chi connectivity index (χ3v) is 6.85. The fraction of sp³-hybridized carbons (Fsp3) is 0.941. The topological polar surface area (TPSA) is 77.0 Å². The normalized spacial score (nSPS) is 20.6. The fourth-order valence-electron chi connectivity index (χ4n) is 3.40. The van der Waals surface area contributed by atoms with Crippen LogP contribution in [0.1, 0.15) is 39.5 Å². The predicted molar refractivity (Wildman–Crippen MR) is 104 cm³/mol. The molecule has 0 aromatic heterocycles. The number of likely N-dealkylation sites (N-methyl/N-ethyl adjacent to an activating group) is 1. The Morgan fingerprint density at radius 1 is 1.14 bits per heavy atom. The number of alkyl halides is 3. The first-order valence-electron chi connectivity index (χ1n) is 10.0. The molecule has 2 rings (SSSR count). The highest BCUT2D eigenvalue weighted by Crippen LogP contribution is 2.30. The van der Waals surface area contributed by atoms with Crippen LogP contribution in [0, 0.1) is 5.92 Å². The molecule has 1 heterocycles. The molecule has 28 heavy (non-hydrogen) atoms. The van der Waals surface area contributed by atoms with E-state index in [4.69, 9.17) is 0 Å². The molecule has 0 aromatic rings. The van der Waals surface area contributed by atoms with Crippen molar-refractivity contribution >= 4 is 16.0 Å². The van der Waals surface area contributed by atoms with E-state index in [1.807, 2.05) is 6.92 Å². The van der Waals surface area contributed by atoms with Crippen molar-refractivity contribution in [2.75, 3.05) is 45.8 Å². The Bertz CT molecular complexity index is 615. The summed E-state index contributed by atoms with van der Waals surface area (Å²) < 4.78 is 61.4. The quantitative estimate of drug-likeness (QED) is 0.432. The fourth-order valence-corrected chi connectivity index (χ4v) is 4.38. The number of rotatable bonds is 9. The van der Waals surface area contributed by atoms with Gasteiger partial charge in [0, 0.05) is 45.3 Å². The number of halogens is 3. The Labute approximate surface area is 165 Å². The molecular weight excluding hydrogens is 395 g/mol. The predicted octanol–water partition coefficient (Wildman–Crippen LogP) is 1.59. The molecule has 1 saturated carbocycles. The lowest BCUT2D eigenvalue weighted by atomic mass is 9.98. The van der Waals surface area contributed by atoms with Crippen molar-refractivity contribution in [1.82, 2.24) is 19.8 Å². The largest absolute Gasteiger partial charge is 0.511 e. The van der Waals surface area contributed by atoms with Crippen LogP contribution in [0.5, 0.6) is 0 Å². The van der Waals surface area contributed by atoms with Gasteiger partial charge in [-0.3, -0.25) is 9.89 Å². The van der Waals surface area contributed by atoms with E-state index in [0.717, 1.165) is 19.6 Å². The molecule has 0 atom stereocenters. The number of piperidine rings is 1. The van der Waals surface area contributed by atoms with Gasteiger partial charge in [0.25, 0.3) is 0 Å². The van der Waals surface area contributed by atoms with Gasteiger partial charge in [-0.15, -0.1) is 0 Å². The second-order valence-electron chi connectivity index (χ2n) is 7.30. The van der Waals surface area contributed by atoms with Gasteiger partial charge in [-0.1, -0.05) is 6.92 Å². The molecule has 0 amide bonds. The monoisotopic (exact) mass is 427 g/mol. The molecule has 1 aliphatic heterocycles. The van der Waals surface area contributed by atoms with Crippen LogP contribution in [0.3, 0.4) is 0 Å². The van der Waals surface area contributed by atoms with E-state index in [9.17, 15) is 21.6 Å². The van der Waals surface area contributed by atoms with Gasteiger partial charge in [0.05, 0.1) is 0 Å². The van der Waals surface area contributed by atoms with E-state index in [1.54, 1.807) is 0 Å². The molecule has 164 valence electrons. The molecule has 0 aromatic carbocycles. The number of aliphatic imine (C=N–C) groups is 1. The molecule has 1 aliphatic carbocycles. The van der Waals surface area contributed by atoms with E-state index in [1.165, 1.54) is 12.8 Å². The third kappa shape index (κ3) is 6.48. The van der Waals surface area contributed by atoms with Gasteiger partial charge >= 0.3 is 15.5 Å². The number of nitrogens with one attached hydrogen (secondary N) is 2. The molecule has 11 heteroatoms. The average molecular weight is 428 g/mol. The van der Waals surface area contributed by atoms with Crippen molar-refractivity contribution in [2.24, 2.45) is 10.9 Å². The van der Waals surface area contributed by atoms with Gasteiger partial charge in [-0.25, -0.2) is 8.42 Å². The maximum Gasteiger partial charge on any atom is 0.511 e. The van der Waals surface area contributed by atoms with Crippen molar-refractivity contribution in [3.05, 3.63) is 0 Å². The smallest absolute Gasteiger partial charge is 0.357 e. The lowest BCUT2D eigenvalue weighted by Gasteiger charge is -2.31. The third-order valence-electron chi connectivity index (χ3n) is 5.22. The van der Waals surface area contributed by atoms with Gasteiger partial charge in [0.15, 0.2) is 5.96 Å². The molecular formula is C17H32F3N5O2S. The van der Waals surface area contributed by atoms with Crippen molar-refractivity contribution in [3.8, 4) is 0 Å². The number of guanidine groups is 1. The molecule has 1 saturated heterocycles. The minimum absolute atomic E-state index is 0.0775. The van der Waals surface area contributed by atoms with E-state index < -0.39 is 15.5 Å². The van der Waals surface area contributed by atoms with Crippen molar-refractivity contribution in [2.45, 2.75) is 51.1 Å². The molecule has 2 fully saturated rings. The SMILES string of the molecule is CCNC(=NCC1CCN(S(=O)(=O)C(F)(F)F)CC1)NCCN(CC)C1CC1. The molecule has 0 bridgehead atoms. The summed E-state index contributed by atoms with van der Waals surface area (Å²) in [6, 6.07) is 0.712. The second-order valence-corrected chi connectivity index (χ2v) is 9.23. The average Bonchev–Trinajstić information content (AvgIpc) is 3.47. The first-order valence-corrected chi connectivity index (χ1v) is 11.5. The molecule has 0 spiro atoms. The van der Waals surface area contributed by atoms with E-state index in [-0.39, 0.29) is 19.0 Å². The zero-order valence-corrected chi connectivity index (χ0v) is 17.4. The molecule has 2 N–H and O–H groups in total. The van der Waals surface area contributed by atoms with Crippen LogP contribution in [0.4, 0.5) is 13.2 Å². The Hall–Kier alpha value is -1.07. The van der Waals surface area contributed by atoms with Gasteiger partial charge in [0.1, 0.15) is 0 Å². The van der Waals surface area contributed by atoms with Crippen molar-refractivity contribution in [3.63, 3.8) is 0 Å². The highest BCUT2D eigenvalue weighted by Gasteiger charge is 2.50. The van der Waals surface area contributed by atoms with Gasteiger partial charge in [-0.05, 0) is 45.1 Å². The zero-order chi connectivity index (χ0) is 20.8. The molecule has 7 nitrogen and oxygen atoms in total. The van der Waals surface area contributed by atoms with Crippen LogP contribution >= 0.6 is 0 Å². The van der Waals surface area contributed by atoms with Gasteiger partial charge in [0.2, 0.25) is 0 Å². The number of hydrogen-bond donors (Lipinski definition) is 2. The second kappa shape index (κ2) is 10.1. The summed E-state index contributed by atoms with van der Waals surface area (Å²) >= 11 is 0. The Kier molecular flexibility index (Phi) is 8.38. The zero-order valence-electron chi connectivity index (χ0n) is 16.6. The van der Waals surface area contributed by atoms with Crippen LogP contribution in [-0.4, -0.2) is 80.9 Å². The van der Waals surface area contributed by atoms with E-state index >= 15 is 0 Å². The highest BCUT2D eigenvalue weighted by molar-refractivity contribution is 7.90. The number of hydrogen-bond acceptors (Lipinski definition) is 4. The van der Waals surface area contributed by atoms with Crippen LogP contribution < -0.4 is 10.6 Å².